The van der Waals surface area contributed by atoms with Crippen LogP contribution in [0.15, 0.2) is 40.1 Å². The first-order valence-corrected chi connectivity index (χ1v) is 15.5. The zero-order valence-corrected chi connectivity index (χ0v) is 24.2. The molecule has 2 aromatic rings. The maximum Gasteiger partial charge on any atom is 0.244 e. The van der Waals surface area contributed by atoms with E-state index in [-0.39, 0.29) is 34.4 Å². The second-order valence-corrected chi connectivity index (χ2v) is 14.0. The molecule has 1 aliphatic heterocycles. The van der Waals surface area contributed by atoms with E-state index in [1.54, 1.807) is 0 Å². The van der Waals surface area contributed by atoms with Gasteiger partial charge in [0, 0.05) is 30.5 Å². The van der Waals surface area contributed by atoms with Crippen molar-refractivity contribution in [1.82, 2.24) is 10.0 Å². The van der Waals surface area contributed by atoms with Gasteiger partial charge < -0.3 is 30.7 Å². The Morgan fingerprint density at radius 3 is 2.51 bits per heavy atom. The summed E-state index contributed by atoms with van der Waals surface area (Å²) in [4.78, 5) is -0.621. The molecule has 0 spiro atoms. The van der Waals surface area contributed by atoms with Gasteiger partial charge in [0.2, 0.25) is 20.0 Å². The Morgan fingerprint density at radius 1 is 1.21 bits per heavy atom. The van der Waals surface area contributed by atoms with Crippen molar-refractivity contribution in [2.75, 3.05) is 25.1 Å². The first kappa shape index (κ1) is 31.5. The molecule has 218 valence electrons. The molecule has 0 amide bonds. The lowest BCUT2D eigenvalue weighted by Crippen LogP contribution is -2.42. The number of hydrogen-bond donors (Lipinski definition) is 7. The fraction of sp³-hybridized carbons (Fsp3) is 0.500. The Balaban J connectivity index is 0.000000223. The van der Waals surface area contributed by atoms with Crippen LogP contribution in [0.2, 0.25) is 5.02 Å². The maximum absolute atomic E-state index is 11.6. The molecule has 0 radical (unpaired) electrons. The van der Waals surface area contributed by atoms with Crippen LogP contribution >= 0.6 is 11.6 Å². The molecular formula is C24H35ClN4O8S2. The van der Waals surface area contributed by atoms with Gasteiger partial charge in [-0.2, -0.15) is 4.72 Å². The number of rotatable bonds is 6. The molecule has 3 atom stereocenters. The number of β-amino-alcohol motifs (C(OH)–C–C–N with tert-alkyl or cyclic N) is 1. The Hall–Kier alpha value is -2.01. The first-order valence-electron chi connectivity index (χ1n) is 12.1. The Kier molecular flexibility index (Phi) is 9.89. The SMILES string of the molecule is CC(C)(C)NCC(O)COc1cccc2c1C[C@H](O)[C@H](O)C2.NS(=O)(=O)c1cc2c(cc1Cl)NCNS2(=O)=O. The average Bonchev–Trinajstić information content (AvgIpc) is 2.81. The molecule has 0 saturated carbocycles. The van der Waals surface area contributed by atoms with Gasteiger partial charge in [0.1, 0.15) is 28.3 Å². The molecule has 39 heavy (non-hydrogen) atoms. The van der Waals surface area contributed by atoms with E-state index in [4.69, 9.17) is 21.5 Å². The number of fused-ring (bicyclic) bond motifs is 2. The van der Waals surface area contributed by atoms with Crippen molar-refractivity contribution in [3.8, 4) is 5.75 Å². The van der Waals surface area contributed by atoms with Crippen LogP contribution in [0, 0.1) is 0 Å². The van der Waals surface area contributed by atoms with Crippen molar-refractivity contribution in [3.05, 3.63) is 46.5 Å². The van der Waals surface area contributed by atoms with Crippen molar-refractivity contribution < 1.29 is 36.9 Å². The van der Waals surface area contributed by atoms with Crippen LogP contribution in [0.1, 0.15) is 31.9 Å². The number of benzene rings is 2. The molecule has 0 fully saturated rings. The predicted molar refractivity (Wildman–Crippen MR) is 147 cm³/mol. The van der Waals surface area contributed by atoms with E-state index in [0.29, 0.717) is 25.1 Å². The van der Waals surface area contributed by atoms with Crippen LogP contribution in [0.3, 0.4) is 0 Å². The summed E-state index contributed by atoms with van der Waals surface area (Å²) in [7, 11) is -7.80. The molecule has 0 bridgehead atoms. The number of aliphatic hydroxyl groups is 3. The zero-order valence-electron chi connectivity index (χ0n) is 21.8. The Bertz CT molecular complexity index is 1400. The van der Waals surface area contributed by atoms with E-state index in [2.05, 4.69) is 15.4 Å². The first-order chi connectivity index (χ1) is 18.0. The monoisotopic (exact) mass is 606 g/mol. The third kappa shape index (κ3) is 8.49. The van der Waals surface area contributed by atoms with Crippen molar-refractivity contribution in [2.45, 2.75) is 67.3 Å². The Labute approximate surface area is 233 Å². The van der Waals surface area contributed by atoms with Gasteiger partial charge in [-0.15, -0.1) is 0 Å². The maximum atomic E-state index is 11.6. The number of anilines is 1. The van der Waals surface area contributed by atoms with Crippen molar-refractivity contribution in [2.24, 2.45) is 5.14 Å². The number of ether oxygens (including phenoxy) is 1. The molecule has 2 aliphatic rings. The number of nitrogens with one attached hydrogen (secondary N) is 3. The van der Waals surface area contributed by atoms with Crippen molar-refractivity contribution in [1.29, 1.82) is 0 Å². The normalized spacial score (nSPS) is 20.9. The highest BCUT2D eigenvalue weighted by atomic mass is 35.5. The van der Waals surface area contributed by atoms with Crippen LogP contribution in [0.4, 0.5) is 5.69 Å². The van der Waals surface area contributed by atoms with E-state index in [0.717, 1.165) is 17.2 Å². The lowest BCUT2D eigenvalue weighted by atomic mass is 9.87. The van der Waals surface area contributed by atoms with Gasteiger partial charge in [0.25, 0.3) is 0 Å². The van der Waals surface area contributed by atoms with Gasteiger partial charge in [-0.25, -0.2) is 22.0 Å². The van der Waals surface area contributed by atoms with Gasteiger partial charge in [-0.1, -0.05) is 23.7 Å². The lowest BCUT2D eigenvalue weighted by Gasteiger charge is -2.28. The standard InChI is InChI=1S/C17H27NO4.C7H8ClN3O4S2/c1-17(2,3)18-9-12(19)10-22-16-6-4-5-11-7-14(20)15(21)8-13(11)16;8-4-1-5-7(2-6(4)16(9,12)13)17(14,15)11-3-10-5/h4-6,12,14-15,18-21H,7-10H2,1-3H3;1-2,10-11H,3H2,(H2,9,12,13)/t12?,14-,15+;/m1./s1. The van der Waals surface area contributed by atoms with Gasteiger partial charge in [-0.3, -0.25) is 0 Å². The number of aliphatic hydroxyl groups excluding tert-OH is 3. The minimum Gasteiger partial charge on any atom is -0.491 e. The molecule has 8 N–H and O–H groups in total. The summed E-state index contributed by atoms with van der Waals surface area (Å²) < 4.78 is 53.6. The van der Waals surface area contributed by atoms with Crippen LogP contribution in [0.5, 0.6) is 5.75 Å². The van der Waals surface area contributed by atoms with Crippen LogP contribution in [0.25, 0.3) is 0 Å². The number of hydrogen-bond acceptors (Lipinski definition) is 10. The second-order valence-electron chi connectivity index (χ2n) is 10.4. The van der Waals surface area contributed by atoms with E-state index in [9.17, 15) is 32.2 Å². The van der Waals surface area contributed by atoms with Gasteiger partial charge in [0.05, 0.1) is 29.6 Å². The summed E-state index contributed by atoms with van der Waals surface area (Å²) in [6, 6.07) is 7.80. The van der Waals surface area contributed by atoms with Gasteiger partial charge >= 0.3 is 0 Å². The predicted octanol–water partition coefficient (Wildman–Crippen LogP) is 0.284. The summed E-state index contributed by atoms with van der Waals surface area (Å²) in [6.07, 6.45) is -1.27. The molecule has 0 saturated heterocycles. The van der Waals surface area contributed by atoms with Crippen LogP contribution in [-0.2, 0) is 32.9 Å². The minimum absolute atomic E-state index is 0.0143. The van der Waals surface area contributed by atoms with E-state index >= 15 is 0 Å². The number of sulfonamides is 2. The van der Waals surface area contributed by atoms with Crippen molar-refractivity contribution >= 4 is 37.3 Å². The van der Waals surface area contributed by atoms with E-state index in [1.165, 1.54) is 6.07 Å². The van der Waals surface area contributed by atoms with E-state index in [1.807, 2.05) is 39.0 Å². The van der Waals surface area contributed by atoms with E-state index < -0.39 is 43.3 Å². The molecule has 0 aromatic heterocycles. The summed E-state index contributed by atoms with van der Waals surface area (Å²) in [6.45, 7) is 6.79. The molecule has 4 rings (SSSR count). The summed E-state index contributed by atoms with van der Waals surface area (Å²) in [5, 5.41) is 40.3. The quantitative estimate of drug-likeness (QED) is 0.239. The summed E-state index contributed by atoms with van der Waals surface area (Å²) >= 11 is 5.72. The Morgan fingerprint density at radius 2 is 1.87 bits per heavy atom. The largest absolute Gasteiger partial charge is 0.491 e. The second kappa shape index (κ2) is 12.2. The van der Waals surface area contributed by atoms with Gasteiger partial charge in [-0.05, 0) is 44.5 Å². The third-order valence-electron chi connectivity index (χ3n) is 5.99. The van der Waals surface area contributed by atoms with Crippen LogP contribution in [-0.4, -0.2) is 75.8 Å². The lowest BCUT2D eigenvalue weighted by molar-refractivity contribution is 0.0132. The molecule has 1 unspecified atom stereocenters. The molecular weight excluding hydrogens is 572 g/mol. The fourth-order valence-electron chi connectivity index (χ4n) is 3.96. The van der Waals surface area contributed by atoms with Gasteiger partial charge in [0.15, 0.2) is 0 Å². The average molecular weight is 607 g/mol. The minimum atomic E-state index is -4.07. The number of primary sulfonamides is 1. The number of nitrogens with two attached hydrogens (primary N) is 1. The number of halogens is 1. The summed E-state index contributed by atoms with van der Waals surface area (Å²) in [5.41, 5.74) is 2.11. The molecule has 15 heteroatoms. The molecule has 2 aromatic carbocycles. The highest BCUT2D eigenvalue weighted by Crippen LogP contribution is 2.32. The highest BCUT2D eigenvalue weighted by molar-refractivity contribution is 7.90. The molecule has 1 heterocycles. The summed E-state index contributed by atoms with van der Waals surface area (Å²) in [5.74, 6) is 0.679. The van der Waals surface area contributed by atoms with Crippen molar-refractivity contribution in [3.63, 3.8) is 0 Å². The zero-order chi connectivity index (χ0) is 29.2. The topological polar surface area (TPSA) is 200 Å². The van der Waals surface area contributed by atoms with Crippen LogP contribution < -0.4 is 25.2 Å². The highest BCUT2D eigenvalue weighted by Gasteiger charge is 2.28. The molecule has 12 nitrogen and oxygen atoms in total. The fourth-order valence-corrected chi connectivity index (χ4v) is 6.25. The molecule has 1 aliphatic carbocycles. The third-order valence-corrected chi connectivity index (χ3v) is 8.80. The smallest absolute Gasteiger partial charge is 0.244 e.